The molecule has 0 aromatic heterocycles. The maximum Gasteiger partial charge on any atom is 0.422 e. The molecular weight excluding hydrogens is 243 g/mol. The maximum atomic E-state index is 12.0. The number of hydrogen-bond acceptors (Lipinski definition) is 2. The summed E-state index contributed by atoms with van der Waals surface area (Å²) in [6, 6.07) is 6.74. The smallest absolute Gasteiger partial charge is 0.422 e. The normalized spacial score (nSPS) is 16.3. The molecule has 0 fully saturated rings. The molecule has 0 unspecified atom stereocenters. The lowest BCUT2D eigenvalue weighted by Crippen LogP contribution is -2.20. The summed E-state index contributed by atoms with van der Waals surface area (Å²) >= 11 is 0. The Morgan fingerprint density at radius 3 is 2.44 bits per heavy atom. The van der Waals surface area contributed by atoms with Gasteiger partial charge in [-0.15, -0.1) is 0 Å². The summed E-state index contributed by atoms with van der Waals surface area (Å²) in [5.74, 6) is 0.241. The van der Waals surface area contributed by atoms with Crippen LogP contribution in [0.1, 0.15) is 12.0 Å². The Labute approximate surface area is 103 Å². The summed E-state index contributed by atoms with van der Waals surface area (Å²) in [7, 11) is 0. The number of alkyl halides is 3. The van der Waals surface area contributed by atoms with E-state index in [1.165, 1.54) is 5.57 Å². The van der Waals surface area contributed by atoms with Gasteiger partial charge >= 0.3 is 6.18 Å². The largest absolute Gasteiger partial charge is 0.484 e. The highest BCUT2D eigenvalue weighted by atomic mass is 19.4. The highest BCUT2D eigenvalue weighted by Crippen LogP contribution is 2.23. The Hall–Kier alpha value is -1.49. The van der Waals surface area contributed by atoms with E-state index in [9.17, 15) is 13.2 Å². The number of rotatable bonds is 3. The van der Waals surface area contributed by atoms with Crippen molar-refractivity contribution in [2.24, 2.45) is 0 Å². The summed E-state index contributed by atoms with van der Waals surface area (Å²) in [5, 5.41) is 3.21. The molecule has 0 aliphatic carbocycles. The van der Waals surface area contributed by atoms with Crippen molar-refractivity contribution in [2.45, 2.75) is 12.6 Å². The lowest BCUT2D eigenvalue weighted by molar-refractivity contribution is -0.153. The lowest BCUT2D eigenvalue weighted by Gasteiger charge is -2.15. The number of benzene rings is 1. The molecular formula is C13H14F3NO. The molecule has 2 nitrogen and oxygen atoms in total. The van der Waals surface area contributed by atoms with Crippen LogP contribution in [0.5, 0.6) is 5.75 Å². The van der Waals surface area contributed by atoms with E-state index in [2.05, 4.69) is 16.1 Å². The van der Waals surface area contributed by atoms with Crippen LogP contribution in [0.4, 0.5) is 13.2 Å². The lowest BCUT2D eigenvalue weighted by atomic mass is 10.0. The molecule has 1 aromatic rings. The molecule has 1 aliphatic heterocycles. The third kappa shape index (κ3) is 3.77. The minimum absolute atomic E-state index is 0.241. The Kier molecular flexibility index (Phi) is 3.91. The van der Waals surface area contributed by atoms with Crippen molar-refractivity contribution >= 4 is 5.57 Å². The van der Waals surface area contributed by atoms with Gasteiger partial charge < -0.3 is 10.1 Å². The van der Waals surface area contributed by atoms with Crippen molar-refractivity contribution in [1.82, 2.24) is 5.32 Å². The van der Waals surface area contributed by atoms with Crippen molar-refractivity contribution in [1.29, 1.82) is 0 Å². The van der Waals surface area contributed by atoms with Gasteiger partial charge in [0.25, 0.3) is 0 Å². The summed E-state index contributed by atoms with van der Waals surface area (Å²) in [4.78, 5) is 0. The Balaban J connectivity index is 1.99. The van der Waals surface area contributed by atoms with Gasteiger partial charge in [-0.05, 0) is 36.2 Å². The van der Waals surface area contributed by atoms with E-state index < -0.39 is 12.8 Å². The van der Waals surface area contributed by atoms with Gasteiger partial charge in [-0.1, -0.05) is 18.2 Å². The standard InChI is InChI=1S/C13H14F3NO/c14-13(15,16)9-18-12-3-1-10(2-4-12)11-5-7-17-8-6-11/h1-5,17H,6-9H2. The third-order valence-electron chi connectivity index (χ3n) is 2.69. The van der Waals surface area contributed by atoms with Crippen LogP contribution >= 0.6 is 0 Å². The molecule has 0 saturated heterocycles. The van der Waals surface area contributed by atoms with Crippen LogP contribution < -0.4 is 10.1 Å². The van der Waals surface area contributed by atoms with Gasteiger partial charge in [0.05, 0.1) is 0 Å². The van der Waals surface area contributed by atoms with Crippen LogP contribution in [0, 0.1) is 0 Å². The van der Waals surface area contributed by atoms with Gasteiger partial charge in [-0.2, -0.15) is 13.2 Å². The van der Waals surface area contributed by atoms with Crippen molar-refractivity contribution < 1.29 is 17.9 Å². The Bertz CT molecular complexity index is 423. The second-order valence-corrected chi connectivity index (χ2v) is 4.11. The van der Waals surface area contributed by atoms with Gasteiger partial charge in [0.15, 0.2) is 6.61 Å². The third-order valence-corrected chi connectivity index (χ3v) is 2.69. The van der Waals surface area contributed by atoms with Gasteiger partial charge in [-0.3, -0.25) is 0 Å². The van der Waals surface area contributed by atoms with Gasteiger partial charge in [0, 0.05) is 6.54 Å². The zero-order valence-electron chi connectivity index (χ0n) is 9.76. The van der Waals surface area contributed by atoms with Gasteiger partial charge in [0.1, 0.15) is 5.75 Å². The van der Waals surface area contributed by atoms with Crippen LogP contribution in [0.2, 0.25) is 0 Å². The van der Waals surface area contributed by atoms with Crippen LogP contribution in [0.15, 0.2) is 30.3 Å². The van der Waals surface area contributed by atoms with Crippen LogP contribution in [-0.4, -0.2) is 25.9 Å². The van der Waals surface area contributed by atoms with Crippen molar-refractivity contribution in [3.63, 3.8) is 0 Å². The zero-order valence-corrected chi connectivity index (χ0v) is 9.76. The van der Waals surface area contributed by atoms with Crippen molar-refractivity contribution in [3.8, 4) is 5.75 Å². The maximum absolute atomic E-state index is 12.0. The second-order valence-electron chi connectivity index (χ2n) is 4.11. The first-order valence-corrected chi connectivity index (χ1v) is 5.74. The van der Waals surface area contributed by atoms with Gasteiger partial charge in [0.2, 0.25) is 0 Å². The molecule has 5 heteroatoms. The number of halogens is 3. The topological polar surface area (TPSA) is 21.3 Å². The Morgan fingerprint density at radius 2 is 1.89 bits per heavy atom. The van der Waals surface area contributed by atoms with E-state index in [4.69, 9.17) is 0 Å². The predicted octanol–water partition coefficient (Wildman–Crippen LogP) is 3.00. The SMILES string of the molecule is FC(F)(F)COc1ccc(C2=CCNCC2)cc1. The summed E-state index contributed by atoms with van der Waals surface area (Å²) in [5.41, 5.74) is 2.26. The first-order valence-electron chi connectivity index (χ1n) is 5.74. The fourth-order valence-corrected chi connectivity index (χ4v) is 1.82. The van der Waals surface area contributed by atoms with E-state index in [0.29, 0.717) is 0 Å². The molecule has 1 aliphatic rings. The first kappa shape index (κ1) is 13.0. The van der Waals surface area contributed by atoms with Crippen LogP contribution in [-0.2, 0) is 0 Å². The zero-order chi connectivity index (χ0) is 13.0. The average Bonchev–Trinajstić information content (AvgIpc) is 2.37. The van der Waals surface area contributed by atoms with E-state index in [1.54, 1.807) is 24.3 Å². The summed E-state index contributed by atoms with van der Waals surface area (Å²) < 4.78 is 40.6. The van der Waals surface area contributed by atoms with Crippen LogP contribution in [0.25, 0.3) is 5.57 Å². The Morgan fingerprint density at radius 1 is 1.17 bits per heavy atom. The van der Waals surface area contributed by atoms with Crippen LogP contribution in [0.3, 0.4) is 0 Å². The highest BCUT2D eigenvalue weighted by Gasteiger charge is 2.28. The molecule has 0 atom stereocenters. The quantitative estimate of drug-likeness (QED) is 0.898. The summed E-state index contributed by atoms with van der Waals surface area (Å²) in [6.07, 6.45) is -1.27. The fourth-order valence-electron chi connectivity index (χ4n) is 1.82. The molecule has 2 rings (SSSR count). The van der Waals surface area contributed by atoms with Crippen molar-refractivity contribution in [2.75, 3.05) is 19.7 Å². The molecule has 1 heterocycles. The predicted molar refractivity (Wildman–Crippen MR) is 63.5 cm³/mol. The number of ether oxygens (including phenoxy) is 1. The molecule has 18 heavy (non-hydrogen) atoms. The molecule has 0 bridgehead atoms. The molecule has 1 N–H and O–H groups in total. The van der Waals surface area contributed by atoms with E-state index >= 15 is 0 Å². The number of hydrogen-bond donors (Lipinski definition) is 1. The number of nitrogens with one attached hydrogen (secondary N) is 1. The molecule has 0 radical (unpaired) electrons. The van der Waals surface area contributed by atoms with E-state index in [0.717, 1.165) is 25.1 Å². The molecule has 0 spiro atoms. The fraction of sp³-hybridized carbons (Fsp3) is 0.385. The van der Waals surface area contributed by atoms with E-state index in [1.807, 2.05) is 0 Å². The summed E-state index contributed by atoms with van der Waals surface area (Å²) in [6.45, 7) is 0.513. The first-order chi connectivity index (χ1) is 8.54. The monoisotopic (exact) mass is 257 g/mol. The van der Waals surface area contributed by atoms with E-state index in [-0.39, 0.29) is 5.75 Å². The second kappa shape index (κ2) is 5.44. The molecule has 0 saturated carbocycles. The highest BCUT2D eigenvalue weighted by molar-refractivity contribution is 5.67. The molecule has 98 valence electrons. The van der Waals surface area contributed by atoms with Crippen molar-refractivity contribution in [3.05, 3.63) is 35.9 Å². The minimum atomic E-state index is -4.30. The molecule has 1 aromatic carbocycles. The minimum Gasteiger partial charge on any atom is -0.484 e. The van der Waals surface area contributed by atoms with Gasteiger partial charge in [-0.25, -0.2) is 0 Å². The molecule has 0 amide bonds. The average molecular weight is 257 g/mol.